The highest BCUT2D eigenvalue weighted by Crippen LogP contribution is 2.45. The molecule has 0 fully saturated rings. The van der Waals surface area contributed by atoms with Crippen molar-refractivity contribution in [1.82, 2.24) is 4.90 Å². The first kappa shape index (κ1) is 28.0. The smallest absolute Gasteiger partial charge is 0.414 e. The van der Waals surface area contributed by atoms with Crippen LogP contribution in [0.25, 0.3) is 32.7 Å². The van der Waals surface area contributed by atoms with Gasteiger partial charge in [0.05, 0.1) is 6.61 Å². The van der Waals surface area contributed by atoms with Gasteiger partial charge in [-0.05, 0) is 58.5 Å². The predicted molar refractivity (Wildman–Crippen MR) is 169 cm³/mol. The van der Waals surface area contributed by atoms with Crippen LogP contribution in [0.1, 0.15) is 31.2 Å². The summed E-state index contributed by atoms with van der Waals surface area (Å²) in [5, 5.41) is 4.08. The number of carbonyl (C=O) groups is 2. The first-order valence-corrected chi connectivity index (χ1v) is 14.7. The van der Waals surface area contributed by atoms with Gasteiger partial charge in [0.1, 0.15) is 18.1 Å². The molecular formula is C37H33NO5. The minimum atomic E-state index is -0.424. The van der Waals surface area contributed by atoms with Crippen LogP contribution < -0.4 is 9.47 Å². The largest absolute Gasteiger partial charge is 0.493 e. The van der Waals surface area contributed by atoms with Crippen LogP contribution in [-0.2, 0) is 16.1 Å². The molecule has 6 rings (SSSR count). The second-order valence-corrected chi connectivity index (χ2v) is 10.5. The molecule has 43 heavy (non-hydrogen) atoms. The maximum atomic E-state index is 13.1. The Balaban J connectivity index is 1.34. The van der Waals surface area contributed by atoms with Gasteiger partial charge in [-0.25, -0.2) is 4.79 Å². The van der Waals surface area contributed by atoms with Crippen LogP contribution >= 0.6 is 0 Å². The Morgan fingerprint density at radius 3 is 2.14 bits per heavy atom. The van der Waals surface area contributed by atoms with Gasteiger partial charge in [0.15, 0.2) is 0 Å². The molecule has 0 atom stereocenters. The van der Waals surface area contributed by atoms with Gasteiger partial charge in [0.2, 0.25) is 0 Å². The molecule has 1 amide bonds. The molecule has 0 N–H and O–H groups in total. The summed E-state index contributed by atoms with van der Waals surface area (Å²) >= 11 is 0. The van der Waals surface area contributed by atoms with E-state index in [-0.39, 0.29) is 19.0 Å². The van der Waals surface area contributed by atoms with Gasteiger partial charge in [-0.15, -0.1) is 0 Å². The fraction of sp³-hybridized carbons (Fsp3) is 0.189. The van der Waals surface area contributed by atoms with E-state index in [0.29, 0.717) is 43.9 Å². The molecule has 5 aromatic carbocycles. The number of esters is 1. The molecule has 5 aromatic rings. The van der Waals surface area contributed by atoms with Crippen molar-refractivity contribution >= 4 is 33.6 Å². The van der Waals surface area contributed by atoms with Gasteiger partial charge in [-0.1, -0.05) is 97.1 Å². The van der Waals surface area contributed by atoms with Gasteiger partial charge in [0.25, 0.3) is 0 Å². The summed E-state index contributed by atoms with van der Waals surface area (Å²) in [6.07, 6.45) is 5.26. The molecule has 1 aliphatic heterocycles. The van der Waals surface area contributed by atoms with E-state index < -0.39 is 6.09 Å². The average molecular weight is 572 g/mol. The highest BCUT2D eigenvalue weighted by molar-refractivity contribution is 6.10. The molecule has 0 radical (unpaired) electrons. The predicted octanol–water partition coefficient (Wildman–Crippen LogP) is 8.67. The average Bonchev–Trinajstić information content (AvgIpc) is 3.04. The second kappa shape index (κ2) is 13.3. The van der Waals surface area contributed by atoms with E-state index in [9.17, 15) is 9.59 Å². The fourth-order valence-electron chi connectivity index (χ4n) is 5.41. The van der Waals surface area contributed by atoms with E-state index in [4.69, 9.17) is 14.2 Å². The third kappa shape index (κ3) is 6.54. The van der Waals surface area contributed by atoms with E-state index in [1.54, 1.807) is 11.1 Å². The number of benzene rings is 5. The van der Waals surface area contributed by atoms with Crippen molar-refractivity contribution < 1.29 is 23.8 Å². The lowest BCUT2D eigenvalue weighted by molar-refractivity contribution is -0.134. The fourth-order valence-corrected chi connectivity index (χ4v) is 5.41. The number of ether oxygens (including phenoxy) is 3. The Hall–Kier alpha value is -5.10. The number of carbonyl (C=O) groups excluding carboxylic acids is 2. The standard InChI is InChI=1S/C37H33NO5/c39-34-18-5-2-10-23-38(37(40)42-26-27-12-3-1-4-13-27)24-11-25-41-32-21-19-28-14-6-8-16-30(28)35(32)36-31-17-9-7-15-29(31)20-22-33(36)43-34/h1,3-4,6-10,12-17,19-23H,2,5,11,18,24-26H2/b23-10-. The van der Waals surface area contributed by atoms with E-state index in [1.807, 2.05) is 84.9 Å². The molecule has 0 bridgehead atoms. The zero-order chi connectivity index (χ0) is 29.4. The van der Waals surface area contributed by atoms with Crippen molar-refractivity contribution in [1.29, 1.82) is 0 Å². The molecule has 0 saturated heterocycles. The Bertz CT molecular complexity index is 1780. The summed E-state index contributed by atoms with van der Waals surface area (Å²) in [7, 11) is 0. The second-order valence-electron chi connectivity index (χ2n) is 10.5. The molecule has 0 unspecified atom stereocenters. The number of amides is 1. The third-order valence-electron chi connectivity index (χ3n) is 7.53. The molecule has 0 saturated carbocycles. The quantitative estimate of drug-likeness (QED) is 0.157. The van der Waals surface area contributed by atoms with Crippen molar-refractivity contribution in [2.45, 2.75) is 32.3 Å². The normalized spacial score (nSPS) is 15.2. The van der Waals surface area contributed by atoms with E-state index in [1.165, 1.54) is 0 Å². The number of rotatable bonds is 2. The summed E-state index contributed by atoms with van der Waals surface area (Å²) < 4.78 is 18.1. The minimum absolute atomic E-state index is 0.195. The molecule has 0 aliphatic carbocycles. The van der Waals surface area contributed by atoms with Crippen LogP contribution in [0.4, 0.5) is 4.79 Å². The molecular weight excluding hydrogens is 538 g/mol. The first-order valence-electron chi connectivity index (χ1n) is 14.7. The summed E-state index contributed by atoms with van der Waals surface area (Å²) in [6, 6.07) is 33.7. The Morgan fingerprint density at radius 2 is 1.40 bits per heavy atom. The highest BCUT2D eigenvalue weighted by atomic mass is 16.6. The number of allylic oxidation sites excluding steroid dienone is 1. The summed E-state index contributed by atoms with van der Waals surface area (Å²) in [6.45, 7) is 0.996. The third-order valence-corrected chi connectivity index (χ3v) is 7.53. The SMILES string of the molecule is O=C1CCC/C=C\N(C(=O)OCc2ccccc2)CCCOc2ccc3ccccc3c2-c2c(ccc3ccccc23)O1. The Morgan fingerprint density at radius 1 is 0.744 bits per heavy atom. The zero-order valence-electron chi connectivity index (χ0n) is 23.9. The van der Waals surface area contributed by atoms with Crippen LogP contribution in [0, 0.1) is 0 Å². The molecule has 1 aliphatic rings. The van der Waals surface area contributed by atoms with Crippen LogP contribution in [0.15, 0.2) is 115 Å². The van der Waals surface area contributed by atoms with Crippen molar-refractivity contribution in [3.05, 3.63) is 121 Å². The summed E-state index contributed by atoms with van der Waals surface area (Å²) in [4.78, 5) is 27.7. The molecule has 6 nitrogen and oxygen atoms in total. The van der Waals surface area contributed by atoms with Crippen molar-refractivity contribution in [3.63, 3.8) is 0 Å². The van der Waals surface area contributed by atoms with Crippen molar-refractivity contribution in [3.8, 4) is 22.6 Å². The van der Waals surface area contributed by atoms with Gasteiger partial charge < -0.3 is 14.2 Å². The highest BCUT2D eigenvalue weighted by Gasteiger charge is 2.21. The molecule has 0 spiro atoms. The number of hydrogen-bond donors (Lipinski definition) is 0. The van der Waals surface area contributed by atoms with E-state index >= 15 is 0 Å². The van der Waals surface area contributed by atoms with Crippen LogP contribution in [0.3, 0.4) is 0 Å². The van der Waals surface area contributed by atoms with E-state index in [0.717, 1.165) is 38.2 Å². The Kier molecular flexibility index (Phi) is 8.64. The lowest BCUT2D eigenvalue weighted by atomic mass is 9.92. The molecule has 6 heteroatoms. The first-order chi connectivity index (χ1) is 21.2. The maximum absolute atomic E-state index is 13.1. The van der Waals surface area contributed by atoms with Gasteiger partial charge >= 0.3 is 12.1 Å². The molecule has 0 aromatic heterocycles. The van der Waals surface area contributed by atoms with Crippen LogP contribution in [0.5, 0.6) is 11.5 Å². The monoisotopic (exact) mass is 571 g/mol. The lowest BCUT2D eigenvalue weighted by Gasteiger charge is -2.21. The molecule has 1 heterocycles. The van der Waals surface area contributed by atoms with E-state index in [2.05, 4.69) is 24.3 Å². The van der Waals surface area contributed by atoms with Gasteiger partial charge in [-0.3, -0.25) is 9.69 Å². The molecule has 216 valence electrons. The van der Waals surface area contributed by atoms with Gasteiger partial charge in [-0.2, -0.15) is 0 Å². The maximum Gasteiger partial charge on any atom is 0.414 e. The Labute approximate surface area is 251 Å². The van der Waals surface area contributed by atoms with Crippen molar-refractivity contribution in [2.24, 2.45) is 0 Å². The number of fused-ring (bicyclic) bond motifs is 7. The minimum Gasteiger partial charge on any atom is -0.493 e. The van der Waals surface area contributed by atoms with Crippen molar-refractivity contribution in [2.75, 3.05) is 13.2 Å². The lowest BCUT2D eigenvalue weighted by Crippen LogP contribution is -2.28. The number of hydrogen-bond acceptors (Lipinski definition) is 5. The summed E-state index contributed by atoms with van der Waals surface area (Å²) in [5.41, 5.74) is 2.63. The topological polar surface area (TPSA) is 65.1 Å². The zero-order valence-corrected chi connectivity index (χ0v) is 23.9. The van der Waals surface area contributed by atoms with Crippen LogP contribution in [-0.4, -0.2) is 30.1 Å². The summed E-state index contributed by atoms with van der Waals surface area (Å²) in [5.74, 6) is 0.895. The van der Waals surface area contributed by atoms with Gasteiger partial charge in [0, 0.05) is 30.3 Å². The van der Waals surface area contributed by atoms with Crippen LogP contribution in [0.2, 0.25) is 0 Å². The number of nitrogens with zero attached hydrogens (tertiary/aromatic N) is 1.